The number of fused-ring (bicyclic) bond motifs is 1. The van der Waals surface area contributed by atoms with E-state index >= 15 is 0 Å². The summed E-state index contributed by atoms with van der Waals surface area (Å²) in [7, 11) is 0. The molecule has 25 heavy (non-hydrogen) atoms. The van der Waals surface area contributed by atoms with E-state index in [4.69, 9.17) is 0 Å². The minimum Gasteiger partial charge on any atom is -0.508 e. The van der Waals surface area contributed by atoms with Gasteiger partial charge >= 0.3 is 0 Å². The summed E-state index contributed by atoms with van der Waals surface area (Å²) in [6, 6.07) is 19.6. The van der Waals surface area contributed by atoms with Crippen LogP contribution in [0.25, 0.3) is 0 Å². The lowest BCUT2D eigenvalue weighted by molar-refractivity contribution is 0.0241. The van der Waals surface area contributed by atoms with Crippen molar-refractivity contribution in [3.05, 3.63) is 65.7 Å². The molecule has 2 aromatic rings. The summed E-state index contributed by atoms with van der Waals surface area (Å²) >= 11 is 0. The number of rotatable bonds is 2. The number of aromatic hydroxyl groups is 1. The standard InChI is InChI=1S/C22H28N2O/c1-16-14-24-15-21(17-7-4-3-5-8-17)23-13-19(24)12-22(16,2)18-9-6-10-20(25)11-18/h3-11,16,19,21,23,25H,12-15H2,1-2H3/t16?,19?,21?,22-/m1/s1. The largest absolute Gasteiger partial charge is 0.508 e. The van der Waals surface area contributed by atoms with Crippen LogP contribution in [0.5, 0.6) is 5.75 Å². The van der Waals surface area contributed by atoms with Crippen LogP contribution in [0.3, 0.4) is 0 Å². The lowest BCUT2D eigenvalue weighted by atomic mass is 9.65. The fourth-order valence-corrected chi connectivity index (χ4v) is 4.70. The van der Waals surface area contributed by atoms with Crippen molar-refractivity contribution >= 4 is 0 Å². The molecule has 0 bridgehead atoms. The molecule has 3 unspecified atom stereocenters. The van der Waals surface area contributed by atoms with E-state index in [0.717, 1.165) is 26.1 Å². The van der Waals surface area contributed by atoms with Crippen LogP contribution in [0.15, 0.2) is 54.6 Å². The van der Waals surface area contributed by atoms with Gasteiger partial charge < -0.3 is 10.4 Å². The molecule has 0 radical (unpaired) electrons. The fraction of sp³-hybridized carbons (Fsp3) is 0.455. The monoisotopic (exact) mass is 336 g/mol. The highest BCUT2D eigenvalue weighted by atomic mass is 16.3. The number of phenols is 1. The molecular formula is C22H28N2O. The van der Waals surface area contributed by atoms with Crippen molar-refractivity contribution in [1.29, 1.82) is 0 Å². The summed E-state index contributed by atoms with van der Waals surface area (Å²) in [6.45, 7) is 7.95. The first kappa shape index (κ1) is 16.6. The van der Waals surface area contributed by atoms with Crippen molar-refractivity contribution < 1.29 is 5.11 Å². The Hall–Kier alpha value is -1.84. The van der Waals surface area contributed by atoms with Gasteiger partial charge in [0, 0.05) is 31.7 Å². The van der Waals surface area contributed by atoms with Crippen LogP contribution in [0.2, 0.25) is 0 Å². The molecule has 2 saturated heterocycles. The number of hydrogen-bond donors (Lipinski definition) is 2. The lowest BCUT2D eigenvalue weighted by Crippen LogP contribution is -2.60. The van der Waals surface area contributed by atoms with Gasteiger partial charge in [-0.1, -0.05) is 56.3 Å². The van der Waals surface area contributed by atoms with Gasteiger partial charge in [0.2, 0.25) is 0 Å². The topological polar surface area (TPSA) is 35.5 Å². The zero-order valence-electron chi connectivity index (χ0n) is 15.2. The SMILES string of the molecule is CC1CN2CC(c3ccccc3)NCC2C[C@@]1(C)c1cccc(O)c1. The van der Waals surface area contributed by atoms with Crippen LogP contribution in [0, 0.1) is 5.92 Å². The summed E-state index contributed by atoms with van der Waals surface area (Å²) in [5.74, 6) is 0.930. The number of phenolic OH excluding ortho intramolecular Hbond substituents is 1. The Kier molecular flexibility index (Phi) is 4.30. The maximum Gasteiger partial charge on any atom is 0.115 e. The zero-order chi connectivity index (χ0) is 17.4. The Morgan fingerprint density at radius 2 is 1.88 bits per heavy atom. The van der Waals surface area contributed by atoms with Gasteiger partial charge in [-0.05, 0) is 41.0 Å². The number of nitrogens with zero attached hydrogens (tertiary/aromatic N) is 1. The minimum absolute atomic E-state index is 0.112. The van der Waals surface area contributed by atoms with Gasteiger partial charge in [0.1, 0.15) is 5.75 Å². The predicted molar refractivity (Wildman–Crippen MR) is 102 cm³/mol. The van der Waals surface area contributed by atoms with E-state index in [2.05, 4.69) is 60.5 Å². The first-order valence-electron chi connectivity index (χ1n) is 9.38. The average Bonchev–Trinajstić information content (AvgIpc) is 2.63. The molecule has 132 valence electrons. The van der Waals surface area contributed by atoms with Gasteiger partial charge in [0.15, 0.2) is 0 Å². The molecule has 2 aliphatic heterocycles. The number of piperidine rings is 1. The van der Waals surface area contributed by atoms with Gasteiger partial charge in [-0.25, -0.2) is 0 Å². The van der Waals surface area contributed by atoms with Gasteiger partial charge in [-0.15, -0.1) is 0 Å². The van der Waals surface area contributed by atoms with E-state index in [0.29, 0.717) is 23.8 Å². The second-order valence-corrected chi connectivity index (χ2v) is 8.05. The van der Waals surface area contributed by atoms with Gasteiger partial charge in [0.25, 0.3) is 0 Å². The minimum atomic E-state index is 0.112. The molecule has 2 aromatic carbocycles. The molecule has 0 spiro atoms. The maximum atomic E-state index is 9.91. The summed E-state index contributed by atoms with van der Waals surface area (Å²) in [6.07, 6.45) is 1.13. The second-order valence-electron chi connectivity index (χ2n) is 8.05. The molecule has 3 nitrogen and oxygen atoms in total. The lowest BCUT2D eigenvalue weighted by Gasteiger charge is -2.53. The number of hydrogen-bond acceptors (Lipinski definition) is 3. The predicted octanol–water partition coefficient (Wildman–Crippen LogP) is 3.70. The zero-order valence-corrected chi connectivity index (χ0v) is 15.2. The van der Waals surface area contributed by atoms with Crippen LogP contribution in [-0.4, -0.2) is 35.7 Å². The number of piperazine rings is 1. The van der Waals surface area contributed by atoms with Crippen LogP contribution >= 0.6 is 0 Å². The highest BCUT2D eigenvalue weighted by Gasteiger charge is 2.44. The van der Waals surface area contributed by atoms with Gasteiger partial charge in [-0.3, -0.25) is 4.90 Å². The molecule has 2 aliphatic rings. The molecule has 0 aliphatic carbocycles. The summed E-state index contributed by atoms with van der Waals surface area (Å²) in [4.78, 5) is 2.67. The van der Waals surface area contributed by atoms with Crippen LogP contribution in [0.4, 0.5) is 0 Å². The Morgan fingerprint density at radius 1 is 1.08 bits per heavy atom. The normalized spacial score (nSPS) is 33.0. The first-order valence-corrected chi connectivity index (χ1v) is 9.38. The molecule has 4 rings (SSSR count). The fourth-order valence-electron chi connectivity index (χ4n) is 4.70. The van der Waals surface area contributed by atoms with E-state index in [-0.39, 0.29) is 5.41 Å². The molecular weight excluding hydrogens is 308 g/mol. The third-order valence-electron chi connectivity index (χ3n) is 6.50. The van der Waals surface area contributed by atoms with Gasteiger partial charge in [-0.2, -0.15) is 0 Å². The molecule has 2 N–H and O–H groups in total. The van der Waals surface area contributed by atoms with Crippen molar-refractivity contribution in [2.24, 2.45) is 5.92 Å². The van der Waals surface area contributed by atoms with Crippen molar-refractivity contribution in [1.82, 2.24) is 10.2 Å². The van der Waals surface area contributed by atoms with E-state index in [1.807, 2.05) is 12.1 Å². The van der Waals surface area contributed by atoms with Crippen molar-refractivity contribution in [2.75, 3.05) is 19.6 Å². The molecule has 0 saturated carbocycles. The molecule has 3 heteroatoms. The van der Waals surface area contributed by atoms with Crippen molar-refractivity contribution in [3.8, 4) is 5.75 Å². The highest BCUT2D eigenvalue weighted by Crippen LogP contribution is 2.43. The van der Waals surface area contributed by atoms with Crippen molar-refractivity contribution in [2.45, 2.75) is 37.8 Å². The smallest absolute Gasteiger partial charge is 0.115 e. The average molecular weight is 336 g/mol. The molecule has 2 heterocycles. The Labute approximate surface area is 150 Å². The Balaban J connectivity index is 1.53. The third kappa shape index (κ3) is 3.07. The van der Waals surface area contributed by atoms with Gasteiger partial charge in [0.05, 0.1) is 0 Å². The first-order chi connectivity index (χ1) is 12.1. The van der Waals surface area contributed by atoms with E-state index in [1.54, 1.807) is 6.07 Å². The Morgan fingerprint density at radius 3 is 2.64 bits per heavy atom. The van der Waals surface area contributed by atoms with Crippen molar-refractivity contribution in [3.63, 3.8) is 0 Å². The van der Waals surface area contributed by atoms with E-state index < -0.39 is 0 Å². The third-order valence-corrected chi connectivity index (χ3v) is 6.50. The van der Waals surface area contributed by atoms with Crippen LogP contribution in [0.1, 0.15) is 37.4 Å². The summed E-state index contributed by atoms with van der Waals surface area (Å²) in [5, 5.41) is 13.7. The van der Waals surface area contributed by atoms with E-state index in [9.17, 15) is 5.11 Å². The molecule has 4 atom stereocenters. The van der Waals surface area contributed by atoms with Crippen LogP contribution < -0.4 is 5.32 Å². The molecule has 0 amide bonds. The number of nitrogens with one attached hydrogen (secondary N) is 1. The molecule has 2 fully saturated rings. The summed E-state index contributed by atoms with van der Waals surface area (Å²) < 4.78 is 0. The maximum absolute atomic E-state index is 9.91. The molecule has 0 aromatic heterocycles. The number of benzene rings is 2. The quantitative estimate of drug-likeness (QED) is 0.878. The highest BCUT2D eigenvalue weighted by molar-refractivity contribution is 5.34. The Bertz CT molecular complexity index is 732. The van der Waals surface area contributed by atoms with E-state index in [1.165, 1.54) is 11.1 Å². The summed E-state index contributed by atoms with van der Waals surface area (Å²) in [5.41, 5.74) is 2.76. The van der Waals surface area contributed by atoms with Crippen LogP contribution in [-0.2, 0) is 5.41 Å². The second kappa shape index (κ2) is 6.47.